The van der Waals surface area contributed by atoms with Crippen molar-refractivity contribution < 1.29 is 0 Å². The number of aromatic nitrogens is 5. The summed E-state index contributed by atoms with van der Waals surface area (Å²) in [6.45, 7) is 8.74. The van der Waals surface area contributed by atoms with Crippen LogP contribution in [0.2, 0.25) is 0 Å². The topological polar surface area (TPSA) is 56.5 Å². The Hall–Kier alpha value is -1.30. The van der Waals surface area contributed by atoms with Gasteiger partial charge in [0.05, 0.1) is 6.54 Å². The molecule has 0 aromatic carbocycles. The largest absolute Gasteiger partial charge is 0.243 e. The predicted molar refractivity (Wildman–Crippen MR) is 62.6 cm³/mol. The first-order valence-corrected chi connectivity index (χ1v) is 6.08. The van der Waals surface area contributed by atoms with Crippen LogP contribution in [-0.2, 0) is 6.54 Å². The normalized spacial score (nSPS) is 11.3. The van der Waals surface area contributed by atoms with Gasteiger partial charge in [-0.05, 0) is 13.8 Å². The Kier molecular flexibility index (Phi) is 3.00. The molecule has 0 fully saturated rings. The average Bonchev–Trinajstić information content (AvgIpc) is 2.75. The van der Waals surface area contributed by atoms with Crippen molar-refractivity contribution >= 4 is 11.3 Å². The third kappa shape index (κ3) is 2.27. The van der Waals surface area contributed by atoms with E-state index in [1.807, 2.05) is 18.5 Å². The van der Waals surface area contributed by atoms with E-state index in [2.05, 4.69) is 34.1 Å². The first-order valence-electron chi connectivity index (χ1n) is 5.26. The van der Waals surface area contributed by atoms with E-state index < -0.39 is 0 Å². The fraction of sp³-hybridized carbons (Fsp3) is 0.600. The zero-order valence-electron chi connectivity index (χ0n) is 9.93. The van der Waals surface area contributed by atoms with Crippen molar-refractivity contribution in [2.24, 2.45) is 0 Å². The van der Waals surface area contributed by atoms with Crippen molar-refractivity contribution in [3.05, 3.63) is 21.7 Å². The zero-order chi connectivity index (χ0) is 11.7. The van der Waals surface area contributed by atoms with Gasteiger partial charge in [0, 0.05) is 5.92 Å². The summed E-state index contributed by atoms with van der Waals surface area (Å²) in [5, 5.41) is 14.7. The van der Waals surface area contributed by atoms with Crippen molar-refractivity contribution in [2.45, 2.75) is 40.2 Å². The van der Waals surface area contributed by atoms with Gasteiger partial charge in [0.1, 0.15) is 21.7 Å². The molecular weight excluding hydrogens is 222 g/mol. The van der Waals surface area contributed by atoms with Crippen LogP contribution in [0, 0.1) is 13.8 Å². The van der Waals surface area contributed by atoms with E-state index in [4.69, 9.17) is 0 Å². The molecule has 0 spiro atoms. The Bertz CT molecular complexity index is 485. The molecule has 0 aliphatic heterocycles. The Morgan fingerprint density at radius 3 is 2.50 bits per heavy atom. The van der Waals surface area contributed by atoms with Crippen LogP contribution in [0.4, 0.5) is 0 Å². The molecule has 0 amide bonds. The summed E-state index contributed by atoms with van der Waals surface area (Å²) < 4.78 is 1.86. The van der Waals surface area contributed by atoms with E-state index in [0.29, 0.717) is 12.5 Å². The number of aryl methyl sites for hydroxylation is 2. The SMILES string of the molecule is Cc1nc(C)n(Cc2nnc(C(C)C)s2)n1. The van der Waals surface area contributed by atoms with Gasteiger partial charge in [-0.25, -0.2) is 9.67 Å². The fourth-order valence-electron chi connectivity index (χ4n) is 1.40. The molecule has 0 saturated heterocycles. The van der Waals surface area contributed by atoms with Crippen molar-refractivity contribution in [1.29, 1.82) is 0 Å². The number of hydrogen-bond donors (Lipinski definition) is 0. The second kappa shape index (κ2) is 4.29. The molecule has 16 heavy (non-hydrogen) atoms. The molecule has 5 nitrogen and oxygen atoms in total. The van der Waals surface area contributed by atoms with Gasteiger partial charge in [-0.1, -0.05) is 25.2 Å². The first-order chi connectivity index (χ1) is 7.56. The summed E-state index contributed by atoms with van der Waals surface area (Å²) in [5.41, 5.74) is 0. The second-order valence-electron chi connectivity index (χ2n) is 4.05. The lowest BCUT2D eigenvalue weighted by atomic mass is 10.2. The van der Waals surface area contributed by atoms with Gasteiger partial charge < -0.3 is 0 Å². The summed E-state index contributed by atoms with van der Waals surface area (Å²) in [6, 6.07) is 0. The van der Waals surface area contributed by atoms with Crippen molar-refractivity contribution in [3.8, 4) is 0 Å². The summed E-state index contributed by atoms with van der Waals surface area (Å²) in [7, 11) is 0. The van der Waals surface area contributed by atoms with E-state index in [0.717, 1.165) is 21.7 Å². The summed E-state index contributed by atoms with van der Waals surface area (Å²) in [5.74, 6) is 2.15. The molecule has 0 aliphatic carbocycles. The van der Waals surface area contributed by atoms with Gasteiger partial charge in [0.2, 0.25) is 0 Å². The van der Waals surface area contributed by atoms with Crippen molar-refractivity contribution in [2.75, 3.05) is 0 Å². The Balaban J connectivity index is 2.17. The Morgan fingerprint density at radius 2 is 2.00 bits per heavy atom. The highest BCUT2D eigenvalue weighted by atomic mass is 32.1. The highest BCUT2D eigenvalue weighted by molar-refractivity contribution is 7.11. The standard InChI is InChI=1S/C10H15N5S/c1-6(2)10-13-12-9(16-10)5-15-8(4)11-7(3)14-15/h6H,5H2,1-4H3. The monoisotopic (exact) mass is 237 g/mol. The molecule has 2 aromatic heterocycles. The molecule has 0 saturated carbocycles. The quantitative estimate of drug-likeness (QED) is 0.818. The lowest BCUT2D eigenvalue weighted by molar-refractivity contribution is 0.647. The van der Waals surface area contributed by atoms with E-state index in [9.17, 15) is 0 Å². The van der Waals surface area contributed by atoms with Gasteiger partial charge in [0.15, 0.2) is 0 Å². The van der Waals surface area contributed by atoms with Gasteiger partial charge in [-0.3, -0.25) is 0 Å². The summed E-state index contributed by atoms with van der Waals surface area (Å²) in [6.07, 6.45) is 0. The zero-order valence-corrected chi connectivity index (χ0v) is 10.7. The number of nitrogens with zero attached hydrogens (tertiary/aromatic N) is 5. The minimum atomic E-state index is 0.435. The number of rotatable bonds is 3. The molecule has 0 aliphatic rings. The van der Waals surface area contributed by atoms with Crippen molar-refractivity contribution in [3.63, 3.8) is 0 Å². The van der Waals surface area contributed by atoms with Crippen LogP contribution in [0.5, 0.6) is 0 Å². The molecule has 0 N–H and O–H groups in total. The molecule has 6 heteroatoms. The minimum Gasteiger partial charge on any atom is -0.243 e. The molecule has 0 unspecified atom stereocenters. The fourth-order valence-corrected chi connectivity index (χ4v) is 2.23. The van der Waals surface area contributed by atoms with E-state index in [1.165, 1.54) is 0 Å². The van der Waals surface area contributed by atoms with Crippen LogP contribution in [0.1, 0.15) is 41.4 Å². The third-order valence-electron chi connectivity index (χ3n) is 2.22. The highest BCUT2D eigenvalue weighted by Gasteiger charge is 2.10. The maximum atomic E-state index is 4.30. The van der Waals surface area contributed by atoms with E-state index in [-0.39, 0.29) is 0 Å². The van der Waals surface area contributed by atoms with Crippen LogP contribution < -0.4 is 0 Å². The van der Waals surface area contributed by atoms with Gasteiger partial charge in [-0.15, -0.1) is 10.2 Å². The van der Waals surface area contributed by atoms with E-state index in [1.54, 1.807) is 11.3 Å². The van der Waals surface area contributed by atoms with Gasteiger partial charge in [-0.2, -0.15) is 5.10 Å². The van der Waals surface area contributed by atoms with Crippen LogP contribution in [0.15, 0.2) is 0 Å². The van der Waals surface area contributed by atoms with Crippen LogP contribution in [0.25, 0.3) is 0 Å². The maximum absolute atomic E-state index is 4.30. The Morgan fingerprint density at radius 1 is 1.25 bits per heavy atom. The highest BCUT2D eigenvalue weighted by Crippen LogP contribution is 2.19. The summed E-state index contributed by atoms with van der Waals surface area (Å²) >= 11 is 1.64. The Labute approximate surface area is 98.6 Å². The first kappa shape index (κ1) is 11.2. The maximum Gasteiger partial charge on any atom is 0.147 e. The number of hydrogen-bond acceptors (Lipinski definition) is 5. The average molecular weight is 237 g/mol. The van der Waals surface area contributed by atoms with Crippen LogP contribution >= 0.6 is 11.3 Å². The second-order valence-corrected chi connectivity index (χ2v) is 5.15. The lowest BCUT2D eigenvalue weighted by Gasteiger charge is -1.98. The molecule has 0 radical (unpaired) electrons. The molecule has 0 bridgehead atoms. The third-order valence-corrected chi connectivity index (χ3v) is 3.43. The molecule has 2 aromatic rings. The van der Waals surface area contributed by atoms with Crippen LogP contribution in [-0.4, -0.2) is 25.0 Å². The molecule has 2 rings (SSSR count). The molecule has 86 valence electrons. The van der Waals surface area contributed by atoms with Crippen molar-refractivity contribution in [1.82, 2.24) is 25.0 Å². The van der Waals surface area contributed by atoms with Crippen LogP contribution in [0.3, 0.4) is 0 Å². The lowest BCUT2D eigenvalue weighted by Crippen LogP contribution is -2.03. The van der Waals surface area contributed by atoms with E-state index >= 15 is 0 Å². The minimum absolute atomic E-state index is 0.435. The molecule has 0 atom stereocenters. The van der Waals surface area contributed by atoms with Gasteiger partial charge in [0.25, 0.3) is 0 Å². The molecule has 2 heterocycles. The predicted octanol–water partition coefficient (Wildman–Crippen LogP) is 1.92. The smallest absolute Gasteiger partial charge is 0.147 e. The molecular formula is C10H15N5S. The van der Waals surface area contributed by atoms with Gasteiger partial charge >= 0.3 is 0 Å². The summed E-state index contributed by atoms with van der Waals surface area (Å²) in [4.78, 5) is 4.26.